The average molecular weight is 364 g/mol. The second-order valence-corrected chi connectivity index (χ2v) is 6.73. The molecule has 1 atom stereocenters. The van der Waals surface area contributed by atoms with Gasteiger partial charge in [-0.2, -0.15) is 0 Å². The minimum Gasteiger partial charge on any atom is -0.349 e. The third kappa shape index (κ3) is 4.25. The highest BCUT2D eigenvalue weighted by molar-refractivity contribution is 6.21. The van der Waals surface area contributed by atoms with Gasteiger partial charge >= 0.3 is 0 Å². The molecular formula is C22H24N2O3. The van der Waals surface area contributed by atoms with Gasteiger partial charge in [0.25, 0.3) is 11.8 Å². The van der Waals surface area contributed by atoms with Crippen molar-refractivity contribution in [2.45, 2.75) is 38.6 Å². The topological polar surface area (TPSA) is 66.5 Å². The van der Waals surface area contributed by atoms with Crippen LogP contribution in [0.25, 0.3) is 0 Å². The number of carbonyl (C=O) groups excluding carboxylic acids is 3. The van der Waals surface area contributed by atoms with Crippen molar-refractivity contribution in [3.63, 3.8) is 0 Å². The lowest BCUT2D eigenvalue weighted by atomic mass is 10.0. The maximum absolute atomic E-state index is 12.5. The van der Waals surface area contributed by atoms with Crippen LogP contribution in [-0.2, 0) is 4.79 Å². The van der Waals surface area contributed by atoms with Crippen LogP contribution in [0.2, 0.25) is 0 Å². The summed E-state index contributed by atoms with van der Waals surface area (Å²) >= 11 is 0. The summed E-state index contributed by atoms with van der Waals surface area (Å²) in [7, 11) is 0. The van der Waals surface area contributed by atoms with Crippen molar-refractivity contribution < 1.29 is 14.4 Å². The van der Waals surface area contributed by atoms with Gasteiger partial charge in [-0.3, -0.25) is 19.3 Å². The summed E-state index contributed by atoms with van der Waals surface area (Å²) in [5, 5.41) is 3.05. The maximum Gasteiger partial charge on any atom is 0.261 e. The average Bonchev–Trinajstić information content (AvgIpc) is 2.95. The molecule has 3 amide bonds. The molecule has 2 aromatic carbocycles. The van der Waals surface area contributed by atoms with E-state index in [1.54, 1.807) is 24.3 Å². The Balaban J connectivity index is 1.60. The number of hydrogen-bond donors (Lipinski definition) is 1. The fraction of sp³-hybridized carbons (Fsp3) is 0.318. The smallest absolute Gasteiger partial charge is 0.261 e. The number of nitrogens with one attached hydrogen (secondary N) is 1. The van der Waals surface area contributed by atoms with Crippen LogP contribution in [0.15, 0.2) is 54.6 Å². The molecule has 0 aliphatic carbocycles. The zero-order chi connectivity index (χ0) is 19.2. The molecule has 27 heavy (non-hydrogen) atoms. The summed E-state index contributed by atoms with van der Waals surface area (Å²) < 4.78 is 0. The van der Waals surface area contributed by atoms with E-state index >= 15 is 0 Å². The zero-order valence-electron chi connectivity index (χ0n) is 15.5. The highest BCUT2D eigenvalue weighted by atomic mass is 16.2. The van der Waals surface area contributed by atoms with E-state index in [2.05, 4.69) is 12.2 Å². The molecule has 1 aliphatic heterocycles. The number of imide groups is 1. The minimum atomic E-state index is -0.325. The van der Waals surface area contributed by atoms with E-state index in [4.69, 9.17) is 0 Å². The van der Waals surface area contributed by atoms with Crippen LogP contribution in [0.3, 0.4) is 0 Å². The lowest BCUT2D eigenvalue weighted by Gasteiger charge is -2.20. The molecule has 1 heterocycles. The van der Waals surface area contributed by atoms with Gasteiger partial charge in [-0.15, -0.1) is 0 Å². The number of benzene rings is 2. The van der Waals surface area contributed by atoms with E-state index in [1.807, 2.05) is 30.3 Å². The largest absolute Gasteiger partial charge is 0.349 e. The number of hydrogen-bond acceptors (Lipinski definition) is 3. The van der Waals surface area contributed by atoms with Gasteiger partial charge in [-0.1, -0.05) is 62.2 Å². The Morgan fingerprint density at radius 1 is 0.963 bits per heavy atom. The van der Waals surface area contributed by atoms with Crippen molar-refractivity contribution in [3.8, 4) is 0 Å². The molecule has 140 valence electrons. The van der Waals surface area contributed by atoms with E-state index < -0.39 is 0 Å². The van der Waals surface area contributed by atoms with Crippen LogP contribution in [0.4, 0.5) is 0 Å². The first kappa shape index (κ1) is 18.8. The fourth-order valence-electron chi connectivity index (χ4n) is 3.34. The summed E-state index contributed by atoms with van der Waals surface area (Å²) in [6, 6.07) is 16.6. The molecule has 5 heteroatoms. The number of rotatable bonds is 8. The summed E-state index contributed by atoms with van der Waals surface area (Å²) in [4.78, 5) is 38.4. The molecule has 3 rings (SSSR count). The molecule has 1 aliphatic rings. The third-order valence-electron chi connectivity index (χ3n) is 4.82. The van der Waals surface area contributed by atoms with Crippen molar-refractivity contribution in [1.82, 2.24) is 10.2 Å². The Bertz CT molecular complexity index is 797. The Hall–Kier alpha value is -2.95. The van der Waals surface area contributed by atoms with E-state index in [0.29, 0.717) is 11.1 Å². The molecule has 0 radical (unpaired) electrons. The first-order valence-electron chi connectivity index (χ1n) is 9.41. The maximum atomic E-state index is 12.5. The van der Waals surface area contributed by atoms with Crippen molar-refractivity contribution >= 4 is 17.7 Å². The first-order valence-corrected chi connectivity index (χ1v) is 9.41. The van der Waals surface area contributed by atoms with Crippen LogP contribution in [0.1, 0.15) is 64.9 Å². The van der Waals surface area contributed by atoms with Gasteiger partial charge in [0.1, 0.15) is 0 Å². The quantitative estimate of drug-likeness (QED) is 0.726. The Labute approximate surface area is 159 Å². The molecule has 0 fully saturated rings. The van der Waals surface area contributed by atoms with Crippen LogP contribution in [0, 0.1) is 0 Å². The van der Waals surface area contributed by atoms with Crippen LogP contribution in [0.5, 0.6) is 0 Å². The molecule has 2 aromatic rings. The Kier molecular flexibility index (Phi) is 6.01. The molecule has 1 unspecified atom stereocenters. The summed E-state index contributed by atoms with van der Waals surface area (Å²) in [6.07, 6.45) is 3.02. The van der Waals surface area contributed by atoms with Gasteiger partial charge in [0.05, 0.1) is 17.2 Å². The van der Waals surface area contributed by atoms with Gasteiger partial charge in [0.15, 0.2) is 0 Å². The van der Waals surface area contributed by atoms with Gasteiger partial charge in [-0.05, 0) is 24.1 Å². The van der Waals surface area contributed by atoms with Crippen molar-refractivity contribution in [2.24, 2.45) is 0 Å². The Morgan fingerprint density at radius 2 is 1.56 bits per heavy atom. The molecule has 0 spiro atoms. The predicted molar refractivity (Wildman–Crippen MR) is 103 cm³/mol. The zero-order valence-corrected chi connectivity index (χ0v) is 15.5. The normalized spacial score (nSPS) is 14.2. The van der Waals surface area contributed by atoms with Gasteiger partial charge in [0.2, 0.25) is 5.91 Å². The number of carbonyl (C=O) groups is 3. The lowest BCUT2D eigenvalue weighted by Crippen LogP contribution is -2.35. The van der Waals surface area contributed by atoms with Gasteiger partial charge < -0.3 is 5.32 Å². The van der Waals surface area contributed by atoms with Crippen molar-refractivity contribution in [1.29, 1.82) is 0 Å². The SMILES string of the molecule is CCCCC(NC(=O)CCN1C(=O)c2ccccc2C1=O)c1ccccc1. The highest BCUT2D eigenvalue weighted by Crippen LogP contribution is 2.23. The number of unbranched alkanes of at least 4 members (excludes halogenated alkanes) is 1. The number of nitrogens with zero attached hydrogens (tertiary/aromatic N) is 1. The summed E-state index contributed by atoms with van der Waals surface area (Å²) in [5.41, 5.74) is 1.89. The van der Waals surface area contributed by atoms with Crippen LogP contribution < -0.4 is 5.32 Å². The van der Waals surface area contributed by atoms with Crippen LogP contribution >= 0.6 is 0 Å². The predicted octanol–water partition coefficient (Wildman–Crippen LogP) is 3.72. The standard InChI is InChI=1S/C22H24N2O3/c1-2-3-13-19(16-9-5-4-6-10-16)23-20(25)14-15-24-21(26)17-11-7-8-12-18(17)22(24)27/h4-12,19H,2-3,13-15H2,1H3,(H,23,25). The van der Waals surface area contributed by atoms with Gasteiger partial charge in [0, 0.05) is 13.0 Å². The van der Waals surface area contributed by atoms with Crippen molar-refractivity contribution in [2.75, 3.05) is 6.54 Å². The van der Waals surface area contributed by atoms with Gasteiger partial charge in [-0.25, -0.2) is 0 Å². The van der Waals surface area contributed by atoms with E-state index in [0.717, 1.165) is 29.7 Å². The summed E-state index contributed by atoms with van der Waals surface area (Å²) in [6.45, 7) is 2.21. The second kappa shape index (κ2) is 8.62. The fourth-order valence-corrected chi connectivity index (χ4v) is 3.34. The molecule has 0 aromatic heterocycles. The molecule has 0 bridgehead atoms. The van der Waals surface area contributed by atoms with E-state index in [-0.39, 0.29) is 36.7 Å². The first-order chi connectivity index (χ1) is 13.1. The van der Waals surface area contributed by atoms with E-state index in [1.165, 1.54) is 0 Å². The number of amides is 3. The molecular weight excluding hydrogens is 340 g/mol. The Morgan fingerprint density at radius 3 is 2.15 bits per heavy atom. The van der Waals surface area contributed by atoms with Crippen LogP contribution in [-0.4, -0.2) is 29.2 Å². The molecule has 1 N–H and O–H groups in total. The minimum absolute atomic E-state index is 0.0548. The molecule has 0 saturated heterocycles. The summed E-state index contributed by atoms with van der Waals surface area (Å²) in [5.74, 6) is -0.806. The lowest BCUT2D eigenvalue weighted by molar-refractivity contribution is -0.122. The van der Waals surface area contributed by atoms with Crippen molar-refractivity contribution in [3.05, 3.63) is 71.3 Å². The molecule has 0 saturated carbocycles. The monoisotopic (exact) mass is 364 g/mol. The third-order valence-corrected chi connectivity index (χ3v) is 4.82. The van der Waals surface area contributed by atoms with E-state index in [9.17, 15) is 14.4 Å². The molecule has 5 nitrogen and oxygen atoms in total. The highest BCUT2D eigenvalue weighted by Gasteiger charge is 2.35. The number of fused-ring (bicyclic) bond motifs is 1. The second-order valence-electron chi connectivity index (χ2n) is 6.73.